The first-order valence-corrected chi connectivity index (χ1v) is 7.13. The van der Waals surface area contributed by atoms with E-state index in [0.29, 0.717) is 11.8 Å². The van der Waals surface area contributed by atoms with Crippen LogP contribution >= 0.6 is 11.8 Å². The minimum Gasteiger partial charge on any atom is -0.480 e. The summed E-state index contributed by atoms with van der Waals surface area (Å²) in [5.74, 6) is -0.830. The molecule has 0 aromatic carbocycles. The van der Waals surface area contributed by atoms with Gasteiger partial charge >= 0.3 is 12.0 Å². The number of urea groups is 1. The van der Waals surface area contributed by atoms with Gasteiger partial charge in [-0.3, -0.25) is 0 Å². The summed E-state index contributed by atoms with van der Waals surface area (Å²) in [4.78, 5) is 22.4. The molecule has 1 rings (SSSR count). The summed E-state index contributed by atoms with van der Waals surface area (Å²) in [6.07, 6.45) is 4.69. The molecule has 1 saturated carbocycles. The molecule has 98 valence electrons. The van der Waals surface area contributed by atoms with Crippen molar-refractivity contribution >= 4 is 23.8 Å². The van der Waals surface area contributed by atoms with E-state index in [1.54, 1.807) is 11.8 Å². The van der Waals surface area contributed by atoms with Gasteiger partial charge in [-0.05, 0) is 31.4 Å². The lowest BCUT2D eigenvalue weighted by Crippen LogP contribution is -2.47. The normalized spacial score (nSPS) is 18.2. The second-order valence-electron chi connectivity index (χ2n) is 4.39. The van der Waals surface area contributed by atoms with Crippen LogP contribution in [0.4, 0.5) is 4.79 Å². The highest BCUT2D eigenvalue weighted by atomic mass is 32.2. The summed E-state index contributed by atoms with van der Waals surface area (Å²) in [7, 11) is 0. The van der Waals surface area contributed by atoms with Gasteiger partial charge in [0.05, 0.1) is 0 Å². The van der Waals surface area contributed by atoms with Gasteiger partial charge in [-0.25, -0.2) is 9.59 Å². The van der Waals surface area contributed by atoms with Crippen LogP contribution in [-0.2, 0) is 4.79 Å². The first kappa shape index (κ1) is 14.2. The fourth-order valence-corrected chi connectivity index (χ4v) is 1.86. The van der Waals surface area contributed by atoms with Gasteiger partial charge in [0.2, 0.25) is 0 Å². The van der Waals surface area contributed by atoms with Crippen molar-refractivity contribution in [3.8, 4) is 0 Å². The largest absolute Gasteiger partial charge is 0.480 e. The molecule has 1 fully saturated rings. The van der Waals surface area contributed by atoms with Crippen molar-refractivity contribution in [3.05, 3.63) is 0 Å². The molecule has 0 aromatic heterocycles. The van der Waals surface area contributed by atoms with Gasteiger partial charge in [-0.2, -0.15) is 11.8 Å². The summed E-state index contributed by atoms with van der Waals surface area (Å²) in [5.41, 5.74) is 0. The number of amides is 2. The van der Waals surface area contributed by atoms with Crippen LogP contribution in [0.5, 0.6) is 0 Å². The maximum Gasteiger partial charge on any atom is 0.326 e. The molecule has 6 heteroatoms. The lowest BCUT2D eigenvalue weighted by molar-refractivity contribution is -0.139. The number of carbonyl (C=O) groups excluding carboxylic acids is 1. The molecule has 0 radical (unpaired) electrons. The van der Waals surface area contributed by atoms with Crippen LogP contribution in [0, 0.1) is 5.92 Å². The molecule has 0 heterocycles. The van der Waals surface area contributed by atoms with Gasteiger partial charge < -0.3 is 15.7 Å². The van der Waals surface area contributed by atoms with E-state index >= 15 is 0 Å². The van der Waals surface area contributed by atoms with E-state index in [2.05, 4.69) is 17.6 Å². The lowest BCUT2D eigenvalue weighted by atomic mass is 10.2. The monoisotopic (exact) mass is 260 g/mol. The number of hydrogen-bond donors (Lipinski definition) is 3. The lowest BCUT2D eigenvalue weighted by Gasteiger charge is -2.15. The van der Waals surface area contributed by atoms with Crippen molar-refractivity contribution < 1.29 is 14.7 Å². The molecule has 0 saturated heterocycles. The van der Waals surface area contributed by atoms with Gasteiger partial charge in [-0.1, -0.05) is 6.92 Å². The van der Waals surface area contributed by atoms with E-state index in [-0.39, 0.29) is 11.9 Å². The van der Waals surface area contributed by atoms with Crippen molar-refractivity contribution in [1.82, 2.24) is 10.6 Å². The molecule has 2 unspecified atom stereocenters. The maximum atomic E-state index is 11.5. The summed E-state index contributed by atoms with van der Waals surface area (Å²) in [5, 5.41) is 14.6. The first-order valence-electron chi connectivity index (χ1n) is 5.84. The fraction of sp³-hybridized carbons (Fsp3) is 0.818. The summed E-state index contributed by atoms with van der Waals surface area (Å²) < 4.78 is 0. The zero-order chi connectivity index (χ0) is 12.8. The van der Waals surface area contributed by atoms with Crippen molar-refractivity contribution in [1.29, 1.82) is 0 Å². The van der Waals surface area contributed by atoms with Crippen LogP contribution in [0.15, 0.2) is 0 Å². The number of carboxylic acid groups (broad SMARTS) is 1. The predicted octanol–water partition coefficient (Wildman–Crippen LogP) is 1.29. The molecule has 5 nitrogen and oxygen atoms in total. The number of aliphatic carboxylic acids is 1. The topological polar surface area (TPSA) is 78.4 Å². The molecule has 17 heavy (non-hydrogen) atoms. The van der Waals surface area contributed by atoms with Crippen LogP contribution in [-0.4, -0.2) is 41.2 Å². The van der Waals surface area contributed by atoms with Gasteiger partial charge in [0.15, 0.2) is 0 Å². The fourth-order valence-electron chi connectivity index (χ4n) is 1.51. The number of hydrogen-bond acceptors (Lipinski definition) is 3. The van der Waals surface area contributed by atoms with E-state index < -0.39 is 12.0 Å². The average Bonchev–Trinajstić information content (AvgIpc) is 3.09. The molecule has 0 spiro atoms. The molecule has 0 aliphatic heterocycles. The Morgan fingerprint density at radius 2 is 2.12 bits per heavy atom. The molecule has 3 N–H and O–H groups in total. The smallest absolute Gasteiger partial charge is 0.326 e. The van der Waals surface area contributed by atoms with Crippen LogP contribution in [0.1, 0.15) is 26.2 Å². The molecule has 1 aliphatic rings. The van der Waals surface area contributed by atoms with E-state index in [4.69, 9.17) is 5.11 Å². The highest BCUT2D eigenvalue weighted by molar-refractivity contribution is 7.99. The summed E-state index contributed by atoms with van der Waals surface area (Å²) in [6.45, 7) is 2.67. The highest BCUT2D eigenvalue weighted by Gasteiger charge is 2.37. The zero-order valence-electron chi connectivity index (χ0n) is 10.2. The second kappa shape index (κ2) is 6.74. The Morgan fingerprint density at radius 3 is 2.59 bits per heavy atom. The molecule has 2 atom stereocenters. The Balaban J connectivity index is 2.21. The molecule has 1 aliphatic carbocycles. The molecule has 0 bridgehead atoms. The van der Waals surface area contributed by atoms with Gasteiger partial charge in [-0.15, -0.1) is 0 Å². The van der Waals surface area contributed by atoms with Crippen LogP contribution in [0.2, 0.25) is 0 Å². The Labute approximate surface area is 106 Å². The van der Waals surface area contributed by atoms with Crippen molar-refractivity contribution in [2.45, 2.75) is 37.5 Å². The van der Waals surface area contributed by atoms with Gasteiger partial charge in [0, 0.05) is 11.8 Å². The van der Waals surface area contributed by atoms with Crippen molar-refractivity contribution in [3.63, 3.8) is 0 Å². The number of thioether (sulfide) groups is 1. The number of rotatable bonds is 7. The van der Waals surface area contributed by atoms with Gasteiger partial charge in [0.25, 0.3) is 0 Å². The Kier molecular flexibility index (Phi) is 5.61. The van der Waals surface area contributed by atoms with Crippen molar-refractivity contribution in [2.24, 2.45) is 5.92 Å². The first-order chi connectivity index (χ1) is 8.04. The molecular weight excluding hydrogens is 240 g/mol. The predicted molar refractivity (Wildman–Crippen MR) is 68.3 cm³/mol. The standard InChI is InChI=1S/C11H20N2O3S/c1-7(17-2)5-6-12-11(16)13-9(10(14)15)8-3-4-8/h7-9H,3-6H2,1-2H3,(H,14,15)(H2,12,13,16). The Bertz CT molecular complexity index is 282. The van der Waals surface area contributed by atoms with Crippen molar-refractivity contribution in [2.75, 3.05) is 12.8 Å². The average molecular weight is 260 g/mol. The zero-order valence-corrected chi connectivity index (χ0v) is 11.0. The minimum atomic E-state index is -0.944. The number of carbonyl (C=O) groups is 2. The third kappa shape index (κ3) is 5.30. The van der Waals surface area contributed by atoms with E-state index in [9.17, 15) is 9.59 Å². The van der Waals surface area contributed by atoms with E-state index in [0.717, 1.165) is 19.3 Å². The maximum absolute atomic E-state index is 11.5. The van der Waals surface area contributed by atoms with Crippen LogP contribution < -0.4 is 10.6 Å². The second-order valence-corrected chi connectivity index (χ2v) is 5.66. The number of nitrogens with one attached hydrogen (secondary N) is 2. The van der Waals surface area contributed by atoms with Crippen LogP contribution in [0.25, 0.3) is 0 Å². The Hall–Kier alpha value is -0.910. The molecular formula is C11H20N2O3S. The van der Waals surface area contributed by atoms with E-state index in [1.807, 2.05) is 6.26 Å². The highest BCUT2D eigenvalue weighted by Crippen LogP contribution is 2.32. The summed E-state index contributed by atoms with van der Waals surface area (Å²) >= 11 is 1.74. The third-order valence-corrected chi connectivity index (χ3v) is 3.93. The SMILES string of the molecule is CSC(C)CCNC(=O)NC(C(=O)O)C1CC1. The molecule has 2 amide bonds. The van der Waals surface area contributed by atoms with Gasteiger partial charge in [0.1, 0.15) is 6.04 Å². The summed E-state index contributed by atoms with van der Waals surface area (Å²) in [6, 6.07) is -1.11. The quantitative estimate of drug-likeness (QED) is 0.644. The third-order valence-electron chi connectivity index (χ3n) is 2.88. The Morgan fingerprint density at radius 1 is 1.47 bits per heavy atom. The number of carboxylic acids is 1. The molecule has 0 aromatic rings. The van der Waals surface area contributed by atoms with E-state index in [1.165, 1.54) is 0 Å². The van der Waals surface area contributed by atoms with Crippen LogP contribution in [0.3, 0.4) is 0 Å². The minimum absolute atomic E-state index is 0.114.